The zero-order valence-electron chi connectivity index (χ0n) is 16.6. The fourth-order valence-electron chi connectivity index (χ4n) is 3.32. The Bertz CT molecular complexity index is 1040. The van der Waals surface area contributed by atoms with Crippen LogP contribution < -0.4 is 9.04 Å². The predicted molar refractivity (Wildman–Crippen MR) is 109 cm³/mol. The number of aryl methyl sites for hydroxylation is 2. The fraction of sp³-hybridized carbons (Fsp3) is 0.333. The molecule has 1 heterocycles. The molecule has 1 aliphatic rings. The average Bonchev–Trinajstić information content (AvgIpc) is 3.07. The van der Waals surface area contributed by atoms with Crippen LogP contribution in [0, 0.1) is 13.8 Å². The molecule has 2 aromatic rings. The van der Waals surface area contributed by atoms with Gasteiger partial charge in [-0.2, -0.15) is 0 Å². The van der Waals surface area contributed by atoms with Crippen LogP contribution in [-0.2, 0) is 26.0 Å². The van der Waals surface area contributed by atoms with E-state index >= 15 is 0 Å². The van der Waals surface area contributed by atoms with Crippen LogP contribution in [0.5, 0.6) is 5.75 Å². The van der Waals surface area contributed by atoms with Crippen LogP contribution in [-0.4, -0.2) is 46.2 Å². The molecule has 0 aromatic heterocycles. The molecule has 0 bridgehead atoms. The highest BCUT2D eigenvalue weighted by molar-refractivity contribution is 7.92. The van der Waals surface area contributed by atoms with Gasteiger partial charge in [0.05, 0.1) is 11.9 Å². The molecule has 0 unspecified atom stereocenters. The van der Waals surface area contributed by atoms with Crippen molar-refractivity contribution in [1.29, 1.82) is 0 Å². The van der Waals surface area contributed by atoms with Crippen molar-refractivity contribution in [2.24, 2.45) is 0 Å². The van der Waals surface area contributed by atoms with E-state index in [1.165, 1.54) is 4.31 Å². The van der Waals surface area contributed by atoms with E-state index in [1.54, 1.807) is 18.2 Å². The number of anilines is 1. The van der Waals surface area contributed by atoms with Crippen LogP contribution in [0.2, 0.25) is 0 Å². The lowest BCUT2D eigenvalue weighted by atomic mass is 10.1. The summed E-state index contributed by atoms with van der Waals surface area (Å²) in [5, 5.41) is 0. The number of benzene rings is 2. The Morgan fingerprint density at radius 3 is 2.38 bits per heavy atom. The van der Waals surface area contributed by atoms with Crippen LogP contribution in [0.15, 0.2) is 36.4 Å². The molecule has 154 valence electrons. The summed E-state index contributed by atoms with van der Waals surface area (Å²) < 4.78 is 35.3. The van der Waals surface area contributed by atoms with Crippen molar-refractivity contribution in [3.05, 3.63) is 58.7 Å². The lowest BCUT2D eigenvalue weighted by Crippen LogP contribution is -2.27. The van der Waals surface area contributed by atoms with Crippen LogP contribution in [0.4, 0.5) is 5.69 Å². The molecular weight excluding hydrogens is 394 g/mol. The van der Waals surface area contributed by atoms with Gasteiger partial charge in [-0.05, 0) is 67.3 Å². The first-order chi connectivity index (χ1) is 13.6. The second-order valence-electron chi connectivity index (χ2n) is 7.12. The second kappa shape index (κ2) is 8.24. The maximum Gasteiger partial charge on any atom is 0.344 e. The van der Waals surface area contributed by atoms with Gasteiger partial charge >= 0.3 is 5.97 Å². The molecule has 0 atom stereocenters. The maximum atomic E-state index is 12.3. The SMILES string of the molecule is Cc1cc(C)cc(OCC(=O)OCC(=O)c2ccc3c(c2)CCN3S(C)(=O)=O)c1. The first kappa shape index (κ1) is 20.9. The number of rotatable bonds is 7. The summed E-state index contributed by atoms with van der Waals surface area (Å²) in [7, 11) is -3.34. The molecule has 7 nitrogen and oxygen atoms in total. The minimum atomic E-state index is -3.34. The number of hydrogen-bond acceptors (Lipinski definition) is 6. The third-order valence-electron chi connectivity index (χ3n) is 4.57. The van der Waals surface area contributed by atoms with Crippen molar-refractivity contribution in [3.63, 3.8) is 0 Å². The molecule has 0 saturated heterocycles. The third kappa shape index (κ3) is 5.14. The van der Waals surface area contributed by atoms with Gasteiger partial charge in [0, 0.05) is 12.1 Å². The molecule has 8 heteroatoms. The summed E-state index contributed by atoms with van der Waals surface area (Å²) in [6.45, 7) is 3.54. The highest BCUT2D eigenvalue weighted by Gasteiger charge is 2.26. The molecular formula is C21H23NO6S. The topological polar surface area (TPSA) is 90.0 Å². The van der Waals surface area contributed by atoms with Gasteiger partial charge in [0.2, 0.25) is 10.0 Å². The lowest BCUT2D eigenvalue weighted by molar-refractivity contribution is -0.144. The number of sulfonamides is 1. The summed E-state index contributed by atoms with van der Waals surface area (Å²) in [4.78, 5) is 24.2. The Balaban J connectivity index is 1.55. The quantitative estimate of drug-likeness (QED) is 0.508. The number of esters is 1. The number of carbonyl (C=O) groups excluding carboxylic acids is 2. The minimum Gasteiger partial charge on any atom is -0.482 e. The molecule has 3 rings (SSSR count). The van der Waals surface area contributed by atoms with Crippen LogP contribution >= 0.6 is 0 Å². The largest absolute Gasteiger partial charge is 0.482 e. The number of Topliss-reactive ketones (excluding diaryl/α,β-unsaturated/α-hetero) is 1. The van der Waals surface area contributed by atoms with Gasteiger partial charge in [-0.3, -0.25) is 9.10 Å². The van der Waals surface area contributed by atoms with Gasteiger partial charge in [0.15, 0.2) is 19.0 Å². The van der Waals surface area contributed by atoms with Gasteiger partial charge in [-0.25, -0.2) is 13.2 Å². The van der Waals surface area contributed by atoms with Crippen LogP contribution in [0.1, 0.15) is 27.0 Å². The monoisotopic (exact) mass is 417 g/mol. The third-order valence-corrected chi connectivity index (χ3v) is 5.75. The molecule has 0 spiro atoms. The van der Waals surface area contributed by atoms with E-state index in [-0.39, 0.29) is 12.4 Å². The number of fused-ring (bicyclic) bond motifs is 1. The number of carbonyl (C=O) groups is 2. The van der Waals surface area contributed by atoms with E-state index in [9.17, 15) is 18.0 Å². The van der Waals surface area contributed by atoms with Gasteiger partial charge in [-0.15, -0.1) is 0 Å². The Labute approximate surface area is 170 Å². The van der Waals surface area contributed by atoms with E-state index in [4.69, 9.17) is 9.47 Å². The minimum absolute atomic E-state index is 0.288. The van der Waals surface area contributed by atoms with Gasteiger partial charge in [0.1, 0.15) is 5.75 Å². The van der Waals surface area contributed by atoms with Crippen molar-refractivity contribution in [2.45, 2.75) is 20.3 Å². The molecule has 0 aliphatic carbocycles. The molecule has 0 fully saturated rings. The first-order valence-corrected chi connectivity index (χ1v) is 11.0. The number of ether oxygens (including phenoxy) is 2. The maximum absolute atomic E-state index is 12.3. The molecule has 29 heavy (non-hydrogen) atoms. The van der Waals surface area contributed by atoms with Crippen LogP contribution in [0.25, 0.3) is 0 Å². The van der Waals surface area contributed by atoms with E-state index in [2.05, 4.69) is 0 Å². The Kier molecular flexibility index (Phi) is 5.93. The standard InChI is InChI=1S/C21H23NO6S/c1-14-8-15(2)10-18(9-14)27-13-21(24)28-12-20(23)17-4-5-19-16(11-17)6-7-22(19)29(3,25)26/h4-5,8-11H,6-7,12-13H2,1-3H3. The van der Waals surface area contributed by atoms with E-state index in [0.29, 0.717) is 30.0 Å². The van der Waals surface area contributed by atoms with Crippen molar-refractivity contribution >= 4 is 27.5 Å². The fourth-order valence-corrected chi connectivity index (χ4v) is 4.28. The molecule has 0 saturated carbocycles. The van der Waals surface area contributed by atoms with Crippen molar-refractivity contribution in [1.82, 2.24) is 0 Å². The Hall–Kier alpha value is -2.87. The molecule has 1 aliphatic heterocycles. The van der Waals surface area contributed by atoms with E-state index in [0.717, 1.165) is 22.9 Å². The van der Waals surface area contributed by atoms with E-state index < -0.39 is 22.6 Å². The van der Waals surface area contributed by atoms with Crippen LogP contribution in [0.3, 0.4) is 0 Å². The normalized spacial score (nSPS) is 13.1. The summed E-state index contributed by atoms with van der Waals surface area (Å²) in [6.07, 6.45) is 1.69. The predicted octanol–water partition coefficient (Wildman–Crippen LogP) is 2.43. The molecule has 2 aromatic carbocycles. The number of nitrogens with zero attached hydrogens (tertiary/aromatic N) is 1. The van der Waals surface area contributed by atoms with Crippen molar-refractivity contribution in [3.8, 4) is 5.75 Å². The average molecular weight is 417 g/mol. The van der Waals surface area contributed by atoms with E-state index in [1.807, 2.05) is 32.0 Å². The Morgan fingerprint density at radius 2 is 1.72 bits per heavy atom. The molecule has 0 amide bonds. The summed E-state index contributed by atoms with van der Waals surface area (Å²) in [5.74, 6) is -0.424. The molecule has 0 N–H and O–H groups in total. The van der Waals surface area contributed by atoms with Gasteiger partial charge in [0.25, 0.3) is 0 Å². The summed E-state index contributed by atoms with van der Waals surface area (Å²) in [5.41, 5.74) is 3.79. The summed E-state index contributed by atoms with van der Waals surface area (Å²) >= 11 is 0. The summed E-state index contributed by atoms with van der Waals surface area (Å²) in [6, 6.07) is 10.4. The number of ketones is 1. The first-order valence-electron chi connectivity index (χ1n) is 9.14. The van der Waals surface area contributed by atoms with Crippen molar-refractivity contribution < 1.29 is 27.5 Å². The van der Waals surface area contributed by atoms with Crippen molar-refractivity contribution in [2.75, 3.05) is 30.3 Å². The number of hydrogen-bond donors (Lipinski definition) is 0. The zero-order valence-corrected chi connectivity index (χ0v) is 17.4. The Morgan fingerprint density at radius 1 is 1.03 bits per heavy atom. The highest BCUT2D eigenvalue weighted by atomic mass is 32.2. The highest BCUT2D eigenvalue weighted by Crippen LogP contribution is 2.30. The second-order valence-corrected chi connectivity index (χ2v) is 9.03. The zero-order chi connectivity index (χ0) is 21.2. The van der Waals surface area contributed by atoms with Gasteiger partial charge in [-0.1, -0.05) is 6.07 Å². The van der Waals surface area contributed by atoms with Gasteiger partial charge < -0.3 is 9.47 Å². The smallest absolute Gasteiger partial charge is 0.344 e. The lowest BCUT2D eigenvalue weighted by Gasteiger charge is -2.16. The molecule has 0 radical (unpaired) electrons.